The Morgan fingerprint density at radius 1 is 1.31 bits per heavy atom. The van der Waals surface area contributed by atoms with E-state index in [2.05, 4.69) is 8.92 Å². The summed E-state index contributed by atoms with van der Waals surface area (Å²) in [6.07, 6.45) is -6.87. The molecule has 1 rings (SSSR count). The van der Waals surface area contributed by atoms with Crippen LogP contribution in [-0.4, -0.2) is 65.3 Å². The van der Waals surface area contributed by atoms with Crippen LogP contribution in [0.5, 0.6) is 0 Å². The van der Waals surface area contributed by atoms with Crippen molar-refractivity contribution in [2.45, 2.75) is 24.4 Å². The number of carboxylic acid groups (broad SMARTS) is 1. The number of hydrogen-bond acceptors (Lipinski definition) is 7. The van der Waals surface area contributed by atoms with E-state index in [9.17, 15) is 23.4 Å². The van der Waals surface area contributed by atoms with Crippen molar-refractivity contribution in [3.05, 3.63) is 0 Å². The number of aliphatic carboxylic acids is 1. The summed E-state index contributed by atoms with van der Waals surface area (Å²) < 4.78 is 37.6. The Hall–Kier alpha value is -0.780. The highest BCUT2D eigenvalue weighted by molar-refractivity contribution is 7.80. The molecule has 0 aliphatic carbocycles. The first-order valence-corrected chi connectivity index (χ1v) is 5.45. The lowest BCUT2D eigenvalue weighted by Crippen LogP contribution is -2.56. The lowest BCUT2D eigenvalue weighted by molar-refractivity contribution is -0.197. The van der Waals surface area contributed by atoms with Gasteiger partial charge in [-0.15, -0.1) is 0 Å². The van der Waals surface area contributed by atoms with Gasteiger partial charge < -0.3 is 20.1 Å². The Balaban J connectivity index is 2.72. The maximum atomic E-state index is 10.5. The second-order valence-electron chi connectivity index (χ2n) is 3.14. The maximum absolute atomic E-state index is 10.5. The van der Waals surface area contributed by atoms with E-state index in [0.717, 1.165) is 0 Å². The third kappa shape index (κ3) is 3.10. The highest BCUT2D eigenvalue weighted by Gasteiger charge is 2.44. The van der Waals surface area contributed by atoms with Gasteiger partial charge in [0, 0.05) is 0 Å². The molecule has 0 radical (unpaired) electrons. The summed E-state index contributed by atoms with van der Waals surface area (Å²) >= 11 is 0. The minimum atomic E-state index is -4.82. The van der Waals surface area contributed by atoms with Gasteiger partial charge in [-0.1, -0.05) is 0 Å². The first-order valence-electron chi connectivity index (χ1n) is 4.08. The van der Waals surface area contributed by atoms with Gasteiger partial charge in [-0.05, 0) is 0 Å². The standard InChI is InChI=1S/C6H10O9S/c7-3-2(15-16(11,12)13)1-14-5(4(3)8)6(9)10/h2-5,7-8H,1H2,(H,9,10)(H,11,12,13)/t2?,3?,4-,5?/m0/s1. The lowest BCUT2D eigenvalue weighted by atomic mass is 10.0. The molecule has 94 valence electrons. The van der Waals surface area contributed by atoms with E-state index in [1.165, 1.54) is 0 Å². The van der Waals surface area contributed by atoms with Crippen LogP contribution in [0, 0.1) is 0 Å². The zero-order chi connectivity index (χ0) is 12.5. The van der Waals surface area contributed by atoms with Crippen molar-refractivity contribution in [3.8, 4) is 0 Å². The molecule has 4 atom stereocenters. The normalized spacial score (nSPS) is 35.9. The fraction of sp³-hybridized carbons (Fsp3) is 0.833. The Kier molecular flexibility index (Phi) is 3.83. The van der Waals surface area contributed by atoms with Gasteiger partial charge in [0.05, 0.1) is 6.61 Å². The molecule has 0 saturated carbocycles. The molecule has 0 amide bonds. The Bertz CT molecular complexity index is 362. The Labute approximate surface area is 90.2 Å². The highest BCUT2D eigenvalue weighted by Crippen LogP contribution is 2.19. The second-order valence-corrected chi connectivity index (χ2v) is 4.18. The fourth-order valence-corrected chi connectivity index (χ4v) is 1.73. The summed E-state index contributed by atoms with van der Waals surface area (Å²) in [5.74, 6) is -1.50. The van der Waals surface area contributed by atoms with E-state index in [4.69, 9.17) is 9.66 Å². The maximum Gasteiger partial charge on any atom is 0.397 e. The first-order chi connectivity index (χ1) is 7.22. The molecule has 0 spiro atoms. The third-order valence-corrected chi connectivity index (χ3v) is 2.46. The van der Waals surface area contributed by atoms with Crippen LogP contribution >= 0.6 is 0 Å². The van der Waals surface area contributed by atoms with Crippen LogP contribution in [0.2, 0.25) is 0 Å². The average Bonchev–Trinajstić information content (AvgIpc) is 2.10. The number of rotatable bonds is 3. The molecule has 0 bridgehead atoms. The van der Waals surface area contributed by atoms with Crippen LogP contribution in [0.25, 0.3) is 0 Å². The molecule has 4 N–H and O–H groups in total. The summed E-state index contributed by atoms with van der Waals surface area (Å²) in [6.45, 7) is -0.588. The lowest BCUT2D eigenvalue weighted by Gasteiger charge is -2.34. The minimum absolute atomic E-state index is 0.588. The van der Waals surface area contributed by atoms with Crippen LogP contribution in [0.3, 0.4) is 0 Å². The molecular formula is C6H10O9S. The van der Waals surface area contributed by atoms with Gasteiger partial charge in [0.1, 0.15) is 18.3 Å². The van der Waals surface area contributed by atoms with E-state index in [1.807, 2.05) is 0 Å². The second kappa shape index (κ2) is 4.61. The number of ether oxygens (including phenoxy) is 1. The summed E-state index contributed by atoms with van der Waals surface area (Å²) in [6, 6.07) is 0. The molecule has 0 aromatic carbocycles. The Morgan fingerprint density at radius 3 is 2.31 bits per heavy atom. The summed E-state index contributed by atoms with van der Waals surface area (Å²) in [5.41, 5.74) is 0. The van der Waals surface area contributed by atoms with Gasteiger partial charge in [-0.25, -0.2) is 8.98 Å². The number of carboxylic acids is 1. The topological polar surface area (TPSA) is 151 Å². The largest absolute Gasteiger partial charge is 0.479 e. The van der Waals surface area contributed by atoms with Crippen molar-refractivity contribution in [3.63, 3.8) is 0 Å². The Morgan fingerprint density at radius 2 is 1.88 bits per heavy atom. The number of aliphatic hydroxyl groups excluding tert-OH is 2. The van der Waals surface area contributed by atoms with Crippen molar-refractivity contribution < 1.29 is 42.0 Å². The first kappa shape index (κ1) is 13.3. The van der Waals surface area contributed by atoms with E-state index < -0.39 is 47.4 Å². The van der Waals surface area contributed by atoms with Gasteiger partial charge >= 0.3 is 16.4 Å². The third-order valence-electron chi connectivity index (χ3n) is 1.97. The zero-order valence-electron chi connectivity index (χ0n) is 7.75. The monoisotopic (exact) mass is 258 g/mol. The summed E-state index contributed by atoms with van der Waals surface area (Å²) in [4.78, 5) is 10.5. The SMILES string of the molecule is O=C(O)C1OCC(OS(=O)(=O)O)C(O)[C@@H]1O. The van der Waals surface area contributed by atoms with Gasteiger partial charge in [-0.2, -0.15) is 8.42 Å². The molecule has 1 fully saturated rings. The van der Waals surface area contributed by atoms with E-state index in [0.29, 0.717) is 0 Å². The van der Waals surface area contributed by atoms with Crippen LogP contribution in [0.1, 0.15) is 0 Å². The number of carbonyl (C=O) groups is 1. The quantitative estimate of drug-likeness (QED) is 0.399. The van der Waals surface area contributed by atoms with Gasteiger partial charge in [0.15, 0.2) is 6.10 Å². The fourth-order valence-electron chi connectivity index (χ4n) is 1.25. The predicted molar refractivity (Wildman–Crippen MR) is 45.8 cm³/mol. The van der Waals surface area contributed by atoms with Crippen LogP contribution in [0.4, 0.5) is 0 Å². The average molecular weight is 258 g/mol. The van der Waals surface area contributed by atoms with Crippen molar-refractivity contribution in [1.29, 1.82) is 0 Å². The van der Waals surface area contributed by atoms with E-state index >= 15 is 0 Å². The molecule has 1 saturated heterocycles. The summed E-state index contributed by atoms with van der Waals surface area (Å²) in [7, 11) is -4.82. The molecule has 9 nitrogen and oxygen atoms in total. The number of hydrogen-bond donors (Lipinski definition) is 4. The minimum Gasteiger partial charge on any atom is -0.479 e. The van der Waals surface area contributed by atoms with Crippen LogP contribution < -0.4 is 0 Å². The van der Waals surface area contributed by atoms with Crippen molar-refractivity contribution in [2.75, 3.05) is 6.61 Å². The molecule has 0 aromatic heterocycles. The van der Waals surface area contributed by atoms with Crippen LogP contribution in [0.15, 0.2) is 0 Å². The highest BCUT2D eigenvalue weighted by atomic mass is 32.3. The molecule has 10 heteroatoms. The van der Waals surface area contributed by atoms with Crippen LogP contribution in [-0.2, 0) is 24.1 Å². The number of aliphatic hydroxyl groups is 2. The van der Waals surface area contributed by atoms with Gasteiger partial charge in [0.2, 0.25) is 0 Å². The van der Waals surface area contributed by atoms with Crippen molar-refractivity contribution >= 4 is 16.4 Å². The van der Waals surface area contributed by atoms with Gasteiger partial charge in [-0.3, -0.25) is 4.55 Å². The van der Waals surface area contributed by atoms with Crippen molar-refractivity contribution in [2.24, 2.45) is 0 Å². The van der Waals surface area contributed by atoms with Gasteiger partial charge in [0.25, 0.3) is 0 Å². The van der Waals surface area contributed by atoms with Crippen molar-refractivity contribution in [1.82, 2.24) is 0 Å². The zero-order valence-corrected chi connectivity index (χ0v) is 8.57. The molecule has 3 unspecified atom stereocenters. The molecule has 0 aromatic rings. The molecule has 1 aliphatic rings. The summed E-state index contributed by atoms with van der Waals surface area (Å²) in [5, 5.41) is 27.1. The molecular weight excluding hydrogens is 248 g/mol. The molecule has 1 aliphatic heterocycles. The van der Waals surface area contributed by atoms with E-state index in [-0.39, 0.29) is 0 Å². The smallest absolute Gasteiger partial charge is 0.397 e. The molecule has 1 heterocycles. The molecule has 16 heavy (non-hydrogen) atoms. The van der Waals surface area contributed by atoms with E-state index in [1.54, 1.807) is 0 Å². The predicted octanol–water partition coefficient (Wildman–Crippen LogP) is -2.62.